The Hall–Kier alpha value is -2.20. The van der Waals surface area contributed by atoms with Gasteiger partial charge in [-0.05, 0) is 54.7 Å². The predicted octanol–water partition coefficient (Wildman–Crippen LogP) is 6.50. The van der Waals surface area contributed by atoms with Crippen molar-refractivity contribution in [3.63, 3.8) is 0 Å². The molecular formula is C26H28ClFN2. The van der Waals surface area contributed by atoms with E-state index < -0.39 is 0 Å². The number of hydrogen-bond acceptors (Lipinski definition) is 2. The third-order valence-corrected chi connectivity index (χ3v) is 6.33. The molecule has 0 N–H and O–H groups in total. The van der Waals surface area contributed by atoms with Crippen molar-refractivity contribution < 1.29 is 4.39 Å². The molecule has 0 radical (unpaired) electrons. The van der Waals surface area contributed by atoms with Gasteiger partial charge >= 0.3 is 0 Å². The predicted molar refractivity (Wildman–Crippen MR) is 122 cm³/mol. The van der Waals surface area contributed by atoms with Gasteiger partial charge in [-0.15, -0.1) is 0 Å². The second-order valence-electron chi connectivity index (χ2n) is 8.24. The second-order valence-corrected chi connectivity index (χ2v) is 8.65. The van der Waals surface area contributed by atoms with E-state index in [1.165, 1.54) is 34.4 Å². The highest BCUT2D eigenvalue weighted by Crippen LogP contribution is 2.33. The first-order valence-corrected chi connectivity index (χ1v) is 10.9. The normalized spacial score (nSPS) is 17.9. The molecule has 0 aromatic heterocycles. The van der Waals surface area contributed by atoms with Gasteiger partial charge in [0.2, 0.25) is 0 Å². The Morgan fingerprint density at radius 2 is 1.53 bits per heavy atom. The van der Waals surface area contributed by atoms with Crippen LogP contribution < -0.4 is 0 Å². The van der Waals surface area contributed by atoms with Crippen LogP contribution >= 0.6 is 11.6 Å². The molecule has 0 spiro atoms. The third-order valence-electron chi connectivity index (χ3n) is 5.98. The van der Waals surface area contributed by atoms with E-state index in [2.05, 4.69) is 72.2 Å². The van der Waals surface area contributed by atoms with E-state index in [0.717, 1.165) is 31.6 Å². The molecule has 0 amide bonds. The summed E-state index contributed by atoms with van der Waals surface area (Å²) in [5.41, 5.74) is 6.18. The maximum atomic E-state index is 13.5. The minimum atomic E-state index is -0.293. The standard InChI is InChI=1S/C26H28ClFN2/c1-19-8-10-21(11-9-19)26-29(17-22-7-4-3-6-20(22)2)14-5-15-30(26)18-23-12-13-24(28)16-25(23)27/h3-4,6-13,16,26H,5,14-15,17-18H2,1-2H3/t26-/m0/s1. The average Bonchev–Trinajstić information content (AvgIpc) is 2.73. The lowest BCUT2D eigenvalue weighted by Gasteiger charge is -2.44. The van der Waals surface area contributed by atoms with Crippen LogP contribution in [0, 0.1) is 19.7 Å². The number of benzene rings is 3. The molecule has 1 heterocycles. The highest BCUT2D eigenvalue weighted by molar-refractivity contribution is 6.31. The molecule has 3 aromatic rings. The van der Waals surface area contributed by atoms with Crippen LogP contribution in [0.15, 0.2) is 66.7 Å². The number of rotatable bonds is 5. The summed E-state index contributed by atoms with van der Waals surface area (Å²) in [4.78, 5) is 5.01. The fourth-order valence-electron chi connectivity index (χ4n) is 4.32. The number of halogens is 2. The van der Waals surface area contributed by atoms with Gasteiger partial charge in [-0.3, -0.25) is 9.80 Å². The zero-order valence-corrected chi connectivity index (χ0v) is 18.4. The maximum Gasteiger partial charge on any atom is 0.124 e. The van der Waals surface area contributed by atoms with Crippen LogP contribution in [0.2, 0.25) is 5.02 Å². The fraction of sp³-hybridized carbons (Fsp3) is 0.308. The lowest BCUT2D eigenvalue weighted by Crippen LogP contribution is -2.47. The molecule has 1 saturated heterocycles. The lowest BCUT2D eigenvalue weighted by atomic mass is 10.0. The molecule has 156 valence electrons. The maximum absolute atomic E-state index is 13.5. The topological polar surface area (TPSA) is 6.48 Å². The van der Waals surface area contributed by atoms with Crippen LogP contribution in [0.25, 0.3) is 0 Å². The van der Waals surface area contributed by atoms with E-state index in [9.17, 15) is 4.39 Å². The molecule has 1 fully saturated rings. The monoisotopic (exact) mass is 422 g/mol. The Balaban J connectivity index is 1.67. The number of aryl methyl sites for hydroxylation is 2. The fourth-order valence-corrected chi connectivity index (χ4v) is 4.55. The molecule has 0 bridgehead atoms. The van der Waals surface area contributed by atoms with Crippen LogP contribution in [-0.4, -0.2) is 22.9 Å². The van der Waals surface area contributed by atoms with E-state index >= 15 is 0 Å². The Bertz CT molecular complexity index is 1000. The second kappa shape index (κ2) is 9.30. The molecule has 0 unspecified atom stereocenters. The number of hydrogen-bond donors (Lipinski definition) is 0. The van der Waals surface area contributed by atoms with Gasteiger partial charge < -0.3 is 0 Å². The molecule has 3 aromatic carbocycles. The molecule has 1 atom stereocenters. The zero-order valence-electron chi connectivity index (χ0n) is 17.6. The summed E-state index contributed by atoms with van der Waals surface area (Å²) < 4.78 is 13.5. The van der Waals surface area contributed by atoms with Crippen molar-refractivity contribution in [2.75, 3.05) is 13.1 Å². The van der Waals surface area contributed by atoms with E-state index in [4.69, 9.17) is 11.6 Å². The molecule has 4 rings (SSSR count). The van der Waals surface area contributed by atoms with Crippen molar-refractivity contribution in [3.8, 4) is 0 Å². The van der Waals surface area contributed by atoms with Crippen LogP contribution in [0.5, 0.6) is 0 Å². The van der Waals surface area contributed by atoms with Gasteiger partial charge in [0.15, 0.2) is 0 Å². The Labute approximate surface area is 183 Å². The summed E-state index contributed by atoms with van der Waals surface area (Å²) in [5.74, 6) is -0.293. The summed E-state index contributed by atoms with van der Waals surface area (Å²) in [6.45, 7) is 7.92. The van der Waals surface area contributed by atoms with Crippen molar-refractivity contribution in [2.24, 2.45) is 0 Å². The Kier molecular flexibility index (Phi) is 6.52. The van der Waals surface area contributed by atoms with Crippen molar-refractivity contribution in [1.29, 1.82) is 0 Å². The number of nitrogens with zero attached hydrogens (tertiary/aromatic N) is 2. The van der Waals surface area contributed by atoms with Gasteiger partial charge in [0.25, 0.3) is 0 Å². The molecule has 1 aliphatic rings. The molecule has 0 aliphatic carbocycles. The van der Waals surface area contributed by atoms with Crippen LogP contribution in [0.1, 0.15) is 40.4 Å². The van der Waals surface area contributed by atoms with Crippen LogP contribution in [0.4, 0.5) is 4.39 Å². The lowest BCUT2D eigenvalue weighted by molar-refractivity contribution is -0.00918. The highest BCUT2D eigenvalue weighted by atomic mass is 35.5. The van der Waals surface area contributed by atoms with Gasteiger partial charge in [0.1, 0.15) is 5.82 Å². The van der Waals surface area contributed by atoms with E-state index in [0.29, 0.717) is 11.6 Å². The van der Waals surface area contributed by atoms with Gasteiger partial charge in [-0.25, -0.2) is 4.39 Å². The van der Waals surface area contributed by atoms with Gasteiger partial charge in [0.05, 0.1) is 6.17 Å². The minimum absolute atomic E-state index is 0.153. The average molecular weight is 423 g/mol. The quantitative estimate of drug-likeness (QED) is 0.462. The molecular weight excluding hydrogens is 395 g/mol. The summed E-state index contributed by atoms with van der Waals surface area (Å²) in [7, 11) is 0. The minimum Gasteiger partial charge on any atom is -0.280 e. The molecule has 2 nitrogen and oxygen atoms in total. The SMILES string of the molecule is Cc1ccc([C@H]2N(Cc3ccccc3C)CCCN2Cc2ccc(F)cc2Cl)cc1. The molecule has 30 heavy (non-hydrogen) atoms. The Morgan fingerprint density at radius 1 is 0.867 bits per heavy atom. The van der Waals surface area contributed by atoms with Gasteiger partial charge in [-0.2, -0.15) is 0 Å². The first-order chi connectivity index (χ1) is 14.5. The first kappa shape index (κ1) is 21.0. The largest absolute Gasteiger partial charge is 0.280 e. The summed E-state index contributed by atoms with van der Waals surface area (Å²) in [6.07, 6.45) is 1.24. The van der Waals surface area contributed by atoms with E-state index in [1.54, 1.807) is 0 Å². The zero-order chi connectivity index (χ0) is 21.1. The van der Waals surface area contributed by atoms with E-state index in [1.807, 2.05) is 6.07 Å². The van der Waals surface area contributed by atoms with Gasteiger partial charge in [-0.1, -0.05) is 71.8 Å². The van der Waals surface area contributed by atoms with Gasteiger partial charge in [0, 0.05) is 31.2 Å². The summed E-state index contributed by atoms with van der Waals surface area (Å²) in [6, 6.07) is 22.1. The van der Waals surface area contributed by atoms with E-state index in [-0.39, 0.29) is 12.0 Å². The van der Waals surface area contributed by atoms with Crippen molar-refractivity contribution >= 4 is 11.6 Å². The van der Waals surface area contributed by atoms with Crippen molar-refractivity contribution in [2.45, 2.75) is 39.5 Å². The van der Waals surface area contributed by atoms with Crippen molar-refractivity contribution in [3.05, 3.63) is 105 Å². The van der Waals surface area contributed by atoms with Crippen LogP contribution in [0.3, 0.4) is 0 Å². The summed E-state index contributed by atoms with van der Waals surface area (Å²) >= 11 is 6.37. The smallest absolute Gasteiger partial charge is 0.124 e. The van der Waals surface area contributed by atoms with Crippen molar-refractivity contribution in [1.82, 2.24) is 9.80 Å². The first-order valence-electron chi connectivity index (χ1n) is 10.5. The molecule has 0 saturated carbocycles. The Morgan fingerprint density at radius 3 is 2.20 bits per heavy atom. The van der Waals surface area contributed by atoms with Crippen LogP contribution in [-0.2, 0) is 13.1 Å². The molecule has 1 aliphatic heterocycles. The molecule has 4 heteroatoms. The highest BCUT2D eigenvalue weighted by Gasteiger charge is 2.31. The summed E-state index contributed by atoms with van der Waals surface area (Å²) in [5, 5.41) is 0.494. The third kappa shape index (κ3) is 4.75.